The summed E-state index contributed by atoms with van der Waals surface area (Å²) in [7, 11) is -3.68. The third-order valence-electron chi connectivity index (χ3n) is 6.12. The molecule has 0 spiro atoms. The topological polar surface area (TPSA) is 104 Å². The molecule has 7 nitrogen and oxygen atoms in total. The van der Waals surface area contributed by atoms with Gasteiger partial charge >= 0.3 is 5.97 Å². The summed E-state index contributed by atoms with van der Waals surface area (Å²) in [6.07, 6.45) is 4.53. The summed E-state index contributed by atoms with van der Waals surface area (Å²) in [5, 5.41) is 19.3. The second-order valence-electron chi connectivity index (χ2n) is 9.43. The van der Waals surface area contributed by atoms with E-state index in [1.54, 1.807) is 6.07 Å². The minimum absolute atomic E-state index is 0.00122. The highest BCUT2D eigenvalue weighted by molar-refractivity contribution is 7.98. The van der Waals surface area contributed by atoms with Crippen molar-refractivity contribution in [2.45, 2.75) is 55.4 Å². The van der Waals surface area contributed by atoms with Crippen LogP contribution in [0.5, 0.6) is 5.75 Å². The van der Waals surface area contributed by atoms with E-state index in [2.05, 4.69) is 11.8 Å². The summed E-state index contributed by atoms with van der Waals surface area (Å²) in [6.45, 7) is 5.30. The van der Waals surface area contributed by atoms with Gasteiger partial charge in [-0.15, -0.1) is 11.8 Å². The zero-order valence-electron chi connectivity index (χ0n) is 20.1. The molecule has 2 N–H and O–H groups in total. The molecule has 0 saturated carbocycles. The van der Waals surface area contributed by atoms with Crippen molar-refractivity contribution >= 4 is 38.9 Å². The number of nitrogens with zero attached hydrogens (tertiary/aromatic N) is 1. The molecule has 186 valence electrons. The summed E-state index contributed by atoms with van der Waals surface area (Å²) in [6, 6.07) is 13.0. The molecule has 34 heavy (non-hydrogen) atoms. The van der Waals surface area contributed by atoms with Crippen molar-refractivity contribution in [2.75, 3.05) is 30.1 Å². The molecule has 2 atom stereocenters. The minimum Gasteiger partial charge on any atom is -0.489 e. The monoisotopic (exact) mass is 507 g/mol. The largest absolute Gasteiger partial charge is 0.489 e. The fourth-order valence-corrected chi connectivity index (χ4v) is 6.82. The number of carboxylic acid groups (broad SMARTS) is 1. The van der Waals surface area contributed by atoms with Crippen molar-refractivity contribution in [3.05, 3.63) is 42.5 Å². The zero-order chi connectivity index (χ0) is 25.1. The van der Waals surface area contributed by atoms with Crippen LogP contribution in [0.4, 0.5) is 11.4 Å². The van der Waals surface area contributed by atoms with Crippen molar-refractivity contribution in [3.8, 4) is 5.75 Å². The van der Waals surface area contributed by atoms with Crippen LogP contribution in [0.2, 0.25) is 0 Å². The van der Waals surface area contributed by atoms with Gasteiger partial charge in [-0.25, -0.2) is 13.2 Å². The lowest BCUT2D eigenvalue weighted by Gasteiger charge is -2.34. The Hall–Kier alpha value is -2.23. The molecule has 0 bridgehead atoms. The minimum atomic E-state index is -3.68. The van der Waals surface area contributed by atoms with E-state index in [9.17, 15) is 23.4 Å². The van der Waals surface area contributed by atoms with Crippen LogP contribution in [-0.4, -0.2) is 55.4 Å². The smallest absolute Gasteiger partial charge is 0.339 e. The average molecular weight is 508 g/mol. The first-order valence-corrected chi connectivity index (χ1v) is 14.2. The van der Waals surface area contributed by atoms with Crippen LogP contribution in [-0.2, 0) is 14.6 Å². The Morgan fingerprint density at radius 2 is 1.94 bits per heavy atom. The highest BCUT2D eigenvalue weighted by Crippen LogP contribution is 2.46. The molecule has 3 rings (SSSR count). The first-order chi connectivity index (χ1) is 15.9. The van der Waals surface area contributed by atoms with Crippen molar-refractivity contribution < 1.29 is 28.2 Å². The van der Waals surface area contributed by atoms with Gasteiger partial charge in [0.2, 0.25) is 0 Å². The van der Waals surface area contributed by atoms with Crippen molar-refractivity contribution in [3.63, 3.8) is 0 Å². The number of hydrogen-bond donors (Lipinski definition) is 2. The Bertz CT molecular complexity index is 1130. The summed E-state index contributed by atoms with van der Waals surface area (Å²) < 4.78 is 33.0. The number of para-hydroxylation sites is 1. The fourth-order valence-electron chi connectivity index (χ4n) is 4.19. The maximum absolute atomic E-state index is 13.7. The molecular weight excluding hydrogens is 474 g/mol. The highest BCUT2D eigenvalue weighted by Gasteiger charge is 2.40. The number of fused-ring (bicyclic) bond motifs is 1. The number of unbranched alkanes of at least 4 members (excludes halogenated alkanes) is 1. The molecule has 2 aromatic rings. The molecule has 0 aliphatic carbocycles. The predicted molar refractivity (Wildman–Crippen MR) is 135 cm³/mol. The molecule has 0 saturated heterocycles. The van der Waals surface area contributed by atoms with Crippen molar-refractivity contribution in [1.29, 1.82) is 0 Å². The number of aliphatic carboxylic acids is 1. The normalized spacial score (nSPS) is 21.3. The lowest BCUT2D eigenvalue weighted by molar-refractivity contribution is -0.159. The molecule has 0 aromatic heterocycles. The molecule has 0 amide bonds. The van der Waals surface area contributed by atoms with Gasteiger partial charge in [-0.1, -0.05) is 44.9 Å². The van der Waals surface area contributed by atoms with E-state index in [0.717, 1.165) is 31.9 Å². The van der Waals surface area contributed by atoms with Gasteiger partial charge in [0, 0.05) is 18.3 Å². The maximum atomic E-state index is 13.7. The number of benzene rings is 2. The maximum Gasteiger partial charge on any atom is 0.339 e. The van der Waals surface area contributed by atoms with Crippen molar-refractivity contribution in [2.24, 2.45) is 5.41 Å². The molecular formula is C25H33NO6S2. The molecule has 2 aromatic carbocycles. The lowest BCUT2D eigenvalue weighted by atomic mass is 9.86. The van der Waals surface area contributed by atoms with E-state index in [-0.39, 0.29) is 16.4 Å². The van der Waals surface area contributed by atoms with Crippen LogP contribution < -0.4 is 9.64 Å². The Kier molecular flexibility index (Phi) is 7.89. The Labute approximate surface area is 206 Å². The van der Waals surface area contributed by atoms with Gasteiger partial charge in [0.1, 0.15) is 12.4 Å². The molecule has 1 aliphatic rings. The van der Waals surface area contributed by atoms with Gasteiger partial charge in [0.05, 0.1) is 21.2 Å². The summed E-state index contributed by atoms with van der Waals surface area (Å²) in [4.78, 5) is 14.2. The quantitative estimate of drug-likeness (QED) is 0.469. The van der Waals surface area contributed by atoms with Crippen LogP contribution in [0.25, 0.3) is 0 Å². The number of thioether (sulfide) groups is 1. The number of anilines is 2. The molecule has 0 unspecified atom stereocenters. The third kappa shape index (κ3) is 5.70. The zero-order valence-corrected chi connectivity index (χ0v) is 21.7. The van der Waals surface area contributed by atoms with E-state index in [4.69, 9.17) is 4.74 Å². The standard InChI is InChI=1S/C25H33NO6S2/c1-5-6-12-24(2)15-26(18-10-8-7-9-11-18)19-13-21(33-4)20(14-22(19)34(30,31)17-24)32-16-25(3,29)23(27)28/h7-11,13-14,29H,5-6,12,15-17H2,1-4H3,(H,27,28)/t24-,25+/m1/s1. The Morgan fingerprint density at radius 3 is 2.53 bits per heavy atom. The summed E-state index contributed by atoms with van der Waals surface area (Å²) in [5.74, 6) is -1.18. The third-order valence-corrected chi connectivity index (χ3v) is 8.95. The number of hydrogen-bond acceptors (Lipinski definition) is 7. The number of sulfone groups is 1. The van der Waals surface area contributed by atoms with Crippen LogP contribution in [0.1, 0.15) is 40.0 Å². The SMILES string of the molecule is CCCC[C@]1(C)CN(c2ccccc2)c2cc(SC)c(OC[C@](C)(O)C(=O)O)cc2S(=O)(=O)C1. The second-order valence-corrected chi connectivity index (χ2v) is 12.2. The number of carbonyl (C=O) groups is 1. The van der Waals surface area contributed by atoms with E-state index < -0.39 is 33.4 Å². The summed E-state index contributed by atoms with van der Waals surface area (Å²) >= 11 is 1.37. The van der Waals surface area contributed by atoms with Crippen LogP contribution in [0, 0.1) is 5.41 Å². The molecule has 1 aliphatic heterocycles. The number of aliphatic hydroxyl groups is 1. The van der Waals surface area contributed by atoms with Gasteiger partial charge < -0.3 is 19.8 Å². The molecule has 9 heteroatoms. The van der Waals surface area contributed by atoms with Crippen LogP contribution >= 0.6 is 11.8 Å². The molecule has 0 radical (unpaired) electrons. The fraction of sp³-hybridized carbons (Fsp3) is 0.480. The molecule has 1 heterocycles. The summed E-state index contributed by atoms with van der Waals surface area (Å²) in [5.41, 5.74) is -1.08. The van der Waals surface area contributed by atoms with Crippen molar-refractivity contribution in [1.82, 2.24) is 0 Å². The second kappa shape index (κ2) is 10.2. The highest BCUT2D eigenvalue weighted by atomic mass is 32.2. The average Bonchev–Trinajstić information content (AvgIpc) is 2.87. The van der Waals surface area contributed by atoms with Gasteiger partial charge in [0.15, 0.2) is 15.4 Å². The van der Waals surface area contributed by atoms with Gasteiger partial charge in [-0.05, 0) is 43.2 Å². The first kappa shape index (κ1) is 26.4. The van der Waals surface area contributed by atoms with Gasteiger partial charge in [-0.3, -0.25) is 0 Å². The number of rotatable bonds is 9. The van der Waals surface area contributed by atoms with E-state index in [1.165, 1.54) is 17.8 Å². The number of ether oxygens (including phenoxy) is 1. The van der Waals surface area contributed by atoms with E-state index in [1.807, 2.05) is 43.5 Å². The predicted octanol–water partition coefficient (Wildman–Crippen LogP) is 4.74. The lowest BCUT2D eigenvalue weighted by Crippen LogP contribution is -2.41. The van der Waals surface area contributed by atoms with Gasteiger partial charge in [0.25, 0.3) is 0 Å². The number of carboxylic acids is 1. The van der Waals surface area contributed by atoms with Crippen LogP contribution in [0.3, 0.4) is 0 Å². The Balaban J connectivity index is 2.16. The van der Waals surface area contributed by atoms with E-state index in [0.29, 0.717) is 17.1 Å². The van der Waals surface area contributed by atoms with Crippen LogP contribution in [0.15, 0.2) is 52.3 Å². The molecule has 0 fully saturated rings. The van der Waals surface area contributed by atoms with Gasteiger partial charge in [-0.2, -0.15) is 0 Å². The first-order valence-electron chi connectivity index (χ1n) is 11.3. The van der Waals surface area contributed by atoms with E-state index >= 15 is 0 Å². The Morgan fingerprint density at radius 1 is 1.26 bits per heavy atom.